The Kier molecular flexibility index (Phi) is 13.2. The first-order chi connectivity index (χ1) is 38.8. The molecule has 9 aromatic carbocycles. The maximum atomic E-state index is 10.3. The fourth-order valence-electron chi connectivity index (χ4n) is 9.31. The third-order valence-corrected chi connectivity index (χ3v) is 13.5. The molecule has 0 aliphatic carbocycles. The number of rotatable bonds is 17. The normalized spacial score (nSPS) is 12.4. The van der Waals surface area contributed by atoms with Crippen molar-refractivity contribution in [3.8, 4) is 122 Å². The van der Waals surface area contributed by atoms with Gasteiger partial charge in [-0.3, -0.25) is 0 Å². The molecule has 0 atom stereocenters. The van der Waals surface area contributed by atoms with Gasteiger partial charge in [-0.25, -0.2) is 0 Å². The summed E-state index contributed by atoms with van der Waals surface area (Å²) in [7, 11) is 0. The minimum atomic E-state index is -0.571. The number of fused-ring (bicyclic) bond motifs is 3. The summed E-state index contributed by atoms with van der Waals surface area (Å²) in [5.74, 6) is 8.58. The summed E-state index contributed by atoms with van der Waals surface area (Å²) in [5, 5.41) is 30.9. The Hall–Kier alpha value is -11.0. The third kappa shape index (κ3) is 10.3. The van der Waals surface area contributed by atoms with Gasteiger partial charge < -0.3 is 56.8 Å². The maximum absolute atomic E-state index is 10.3. The molecule has 3 aliphatic heterocycles. The number of benzene rings is 9. The van der Waals surface area contributed by atoms with Gasteiger partial charge in [0.2, 0.25) is 20.4 Å². The standard InChI is InChI=1S/C64H43N3O12/c1-64(41-13-19-44(20-14-41)75-53-6-3-9-56(50(53)35-66)78-47-24-27-59-62(32-47)72-38-69-59,42-15-21-45(22-16-42)76-54-7-4-10-57(51(54)36-67)79-48-25-28-60-63(33-48)73-39-70-60)30-29-40-11-17-43(18-12-40)74-52-5-2-8-55(49(52)34-65)77-46-23-26-58-61(31-46)71-37-68-58/h2-28,31-33H,29-30,37-39H2,1H3. The van der Waals surface area contributed by atoms with Crippen molar-refractivity contribution in [2.75, 3.05) is 20.4 Å². The van der Waals surface area contributed by atoms with E-state index in [1.807, 2.05) is 72.8 Å². The first-order valence-corrected chi connectivity index (χ1v) is 24.9. The SMILES string of the molecule is CC(CCc1ccc(Oc2cccc(Oc3ccc4c(c3)OCO4)c2C#N)cc1)(c1ccc(Oc2cccc(Oc3ccc4c(c3)OCO4)c2C#N)cc1)c1ccc(Oc2cccc(Oc3ccc4c(c3)OCO4)c2C#N)cc1. The van der Waals surface area contributed by atoms with Crippen LogP contribution in [0.2, 0.25) is 0 Å². The zero-order valence-electron chi connectivity index (χ0n) is 42.1. The fourth-order valence-corrected chi connectivity index (χ4v) is 9.31. The topological polar surface area (TPSA) is 182 Å². The van der Waals surface area contributed by atoms with Crippen molar-refractivity contribution < 1.29 is 56.8 Å². The number of nitriles is 3. The van der Waals surface area contributed by atoms with Gasteiger partial charge >= 0.3 is 0 Å². The molecule has 386 valence electrons. The summed E-state index contributed by atoms with van der Waals surface area (Å²) in [6, 6.07) is 61.5. The summed E-state index contributed by atoms with van der Waals surface area (Å²) in [4.78, 5) is 0. The zero-order valence-corrected chi connectivity index (χ0v) is 42.1. The smallest absolute Gasteiger partial charge is 0.231 e. The summed E-state index contributed by atoms with van der Waals surface area (Å²) in [5.41, 5.74) is 3.18. The highest BCUT2D eigenvalue weighted by Gasteiger charge is 2.30. The summed E-state index contributed by atoms with van der Waals surface area (Å²) < 4.78 is 70.3. The zero-order chi connectivity index (χ0) is 53.7. The van der Waals surface area contributed by atoms with Gasteiger partial charge in [0.25, 0.3) is 0 Å². The Morgan fingerprint density at radius 2 is 0.633 bits per heavy atom. The van der Waals surface area contributed by atoms with Crippen LogP contribution in [0.3, 0.4) is 0 Å². The van der Waals surface area contributed by atoms with E-state index in [2.05, 4.69) is 25.1 Å². The predicted octanol–water partition coefficient (Wildman–Crippen LogP) is 15.2. The van der Waals surface area contributed by atoms with Crippen molar-refractivity contribution >= 4 is 0 Å². The molecule has 15 nitrogen and oxygen atoms in total. The Labute approximate surface area is 453 Å². The van der Waals surface area contributed by atoms with Crippen molar-refractivity contribution in [1.29, 1.82) is 15.8 Å². The van der Waals surface area contributed by atoms with E-state index < -0.39 is 5.41 Å². The van der Waals surface area contributed by atoms with Gasteiger partial charge in [0.15, 0.2) is 34.5 Å². The molecule has 0 saturated heterocycles. The van der Waals surface area contributed by atoms with Gasteiger partial charge in [0.05, 0.1) is 0 Å². The highest BCUT2D eigenvalue weighted by molar-refractivity contribution is 5.60. The highest BCUT2D eigenvalue weighted by Crippen LogP contribution is 2.44. The van der Waals surface area contributed by atoms with E-state index in [1.165, 1.54) is 0 Å². The Bertz CT molecular complexity index is 3730. The second kappa shape index (κ2) is 21.4. The van der Waals surface area contributed by atoms with Crippen LogP contribution in [-0.2, 0) is 11.8 Å². The predicted molar refractivity (Wildman–Crippen MR) is 286 cm³/mol. The summed E-state index contributed by atoms with van der Waals surface area (Å²) in [6.07, 6.45) is 1.33. The van der Waals surface area contributed by atoms with E-state index in [4.69, 9.17) is 56.8 Å². The van der Waals surface area contributed by atoms with Crippen molar-refractivity contribution in [3.63, 3.8) is 0 Å². The fraction of sp³-hybridized carbons (Fsp3) is 0.109. The molecular formula is C64H43N3O12. The molecular weight excluding hydrogens is 1000 g/mol. The van der Waals surface area contributed by atoms with Crippen molar-refractivity contribution in [3.05, 3.63) is 215 Å². The number of hydrogen-bond donors (Lipinski definition) is 0. The number of nitrogens with zero attached hydrogens (tertiary/aromatic N) is 3. The first-order valence-electron chi connectivity index (χ1n) is 24.9. The second-order valence-electron chi connectivity index (χ2n) is 18.4. The molecule has 0 radical (unpaired) electrons. The van der Waals surface area contributed by atoms with Crippen molar-refractivity contribution in [2.45, 2.75) is 25.2 Å². The minimum Gasteiger partial charge on any atom is -0.456 e. The molecule has 0 aromatic heterocycles. The van der Waals surface area contributed by atoms with E-state index in [1.54, 1.807) is 109 Å². The molecule has 0 bridgehead atoms. The largest absolute Gasteiger partial charge is 0.456 e. The molecule has 0 saturated carbocycles. The lowest BCUT2D eigenvalue weighted by molar-refractivity contribution is 0.173. The molecule has 0 N–H and O–H groups in total. The average Bonchev–Trinajstić information content (AvgIpc) is 4.30. The number of ether oxygens (including phenoxy) is 12. The molecule has 0 spiro atoms. The van der Waals surface area contributed by atoms with E-state index in [0.717, 1.165) is 16.7 Å². The minimum absolute atomic E-state index is 0.129. The van der Waals surface area contributed by atoms with Crippen molar-refractivity contribution in [1.82, 2.24) is 0 Å². The van der Waals surface area contributed by atoms with Crippen LogP contribution in [0.15, 0.2) is 182 Å². The van der Waals surface area contributed by atoms with E-state index in [0.29, 0.717) is 116 Å². The lowest BCUT2D eigenvalue weighted by atomic mass is 9.72. The molecule has 9 aromatic rings. The molecule has 3 aliphatic rings. The highest BCUT2D eigenvalue weighted by atomic mass is 16.7. The van der Waals surface area contributed by atoms with E-state index in [9.17, 15) is 15.8 Å². The Balaban J connectivity index is 0.786. The van der Waals surface area contributed by atoms with Crippen LogP contribution in [0.4, 0.5) is 0 Å². The molecule has 0 fully saturated rings. The van der Waals surface area contributed by atoms with Gasteiger partial charge in [-0.05, 0) is 139 Å². The molecule has 3 heterocycles. The van der Waals surface area contributed by atoms with Gasteiger partial charge in [-0.2, -0.15) is 15.8 Å². The Morgan fingerprint density at radius 3 is 0.949 bits per heavy atom. The van der Waals surface area contributed by atoms with Crippen molar-refractivity contribution in [2.24, 2.45) is 0 Å². The Morgan fingerprint density at radius 1 is 0.354 bits per heavy atom. The second-order valence-corrected chi connectivity index (χ2v) is 18.4. The lowest BCUT2D eigenvalue weighted by Crippen LogP contribution is -2.24. The molecule has 15 heteroatoms. The summed E-state index contributed by atoms with van der Waals surface area (Å²) >= 11 is 0. The van der Waals surface area contributed by atoms with Crippen LogP contribution in [0.25, 0.3) is 0 Å². The molecule has 0 amide bonds. The van der Waals surface area contributed by atoms with Gasteiger partial charge in [-0.1, -0.05) is 61.5 Å². The van der Waals surface area contributed by atoms with Crippen LogP contribution in [0.1, 0.15) is 46.7 Å². The van der Waals surface area contributed by atoms with Gasteiger partial charge in [0, 0.05) is 23.6 Å². The lowest BCUT2D eigenvalue weighted by Gasteiger charge is -2.32. The average molecular weight is 1050 g/mol. The monoisotopic (exact) mass is 1050 g/mol. The number of aryl methyl sites for hydroxylation is 1. The maximum Gasteiger partial charge on any atom is 0.231 e. The van der Waals surface area contributed by atoms with Crippen LogP contribution < -0.4 is 56.8 Å². The molecule has 12 rings (SSSR count). The van der Waals surface area contributed by atoms with E-state index >= 15 is 0 Å². The quantitative estimate of drug-likeness (QED) is 0.0839. The first kappa shape index (κ1) is 49.0. The van der Waals surface area contributed by atoms with Gasteiger partial charge in [0.1, 0.15) is 104 Å². The van der Waals surface area contributed by atoms with Crippen LogP contribution >= 0.6 is 0 Å². The van der Waals surface area contributed by atoms with Crippen LogP contribution in [-0.4, -0.2) is 20.4 Å². The van der Waals surface area contributed by atoms with Gasteiger partial charge in [-0.15, -0.1) is 0 Å². The molecule has 0 unspecified atom stereocenters. The van der Waals surface area contributed by atoms with E-state index in [-0.39, 0.29) is 37.1 Å². The molecule has 79 heavy (non-hydrogen) atoms. The van der Waals surface area contributed by atoms with Crippen LogP contribution in [0, 0.1) is 34.0 Å². The third-order valence-electron chi connectivity index (χ3n) is 13.5. The summed E-state index contributed by atoms with van der Waals surface area (Å²) in [6.45, 7) is 2.58. The van der Waals surface area contributed by atoms with Crippen LogP contribution in [0.5, 0.6) is 103 Å². The number of hydrogen-bond acceptors (Lipinski definition) is 15.